The largest absolute Gasteiger partial charge is 0.466 e. The van der Waals surface area contributed by atoms with Gasteiger partial charge in [-0.3, -0.25) is 14.9 Å². The van der Waals surface area contributed by atoms with Crippen molar-refractivity contribution in [2.75, 3.05) is 6.61 Å². The van der Waals surface area contributed by atoms with E-state index in [9.17, 15) is 19.3 Å². The van der Waals surface area contributed by atoms with Crippen molar-refractivity contribution in [2.24, 2.45) is 0 Å². The Balaban J connectivity index is 3.16. The normalized spacial score (nSPS) is 9.61. The Labute approximate surface area is 102 Å². The van der Waals surface area contributed by atoms with E-state index in [-0.39, 0.29) is 18.6 Å². The lowest BCUT2D eigenvalue weighted by Crippen LogP contribution is -2.10. The Bertz CT molecular complexity index is 537. The fourth-order valence-corrected chi connectivity index (χ4v) is 1.38. The Morgan fingerprint density at radius 1 is 1.61 bits per heavy atom. The van der Waals surface area contributed by atoms with Crippen LogP contribution in [-0.4, -0.2) is 17.5 Å². The van der Waals surface area contributed by atoms with Crippen LogP contribution < -0.4 is 0 Å². The van der Waals surface area contributed by atoms with E-state index in [1.807, 2.05) is 0 Å². The number of benzene rings is 1. The van der Waals surface area contributed by atoms with E-state index in [0.29, 0.717) is 0 Å². The van der Waals surface area contributed by atoms with E-state index in [0.717, 1.165) is 6.07 Å². The van der Waals surface area contributed by atoms with Crippen molar-refractivity contribution in [3.05, 3.63) is 39.2 Å². The summed E-state index contributed by atoms with van der Waals surface area (Å²) >= 11 is 0. The Hall–Kier alpha value is -2.49. The lowest BCUT2D eigenvalue weighted by atomic mass is 10.0. The summed E-state index contributed by atoms with van der Waals surface area (Å²) in [6.07, 6.45) is -0.300. The van der Waals surface area contributed by atoms with Crippen LogP contribution in [0.3, 0.4) is 0 Å². The minimum Gasteiger partial charge on any atom is -0.466 e. The molecule has 0 aliphatic heterocycles. The SMILES string of the molecule is CCOC(=O)Cc1ccc([N+](=O)[O-])c(F)c1C#N. The number of nitro benzene ring substituents is 1. The molecule has 0 saturated heterocycles. The molecule has 1 rings (SSSR count). The monoisotopic (exact) mass is 252 g/mol. The van der Waals surface area contributed by atoms with Gasteiger partial charge in [0.15, 0.2) is 0 Å². The second kappa shape index (κ2) is 5.72. The van der Waals surface area contributed by atoms with E-state index in [4.69, 9.17) is 5.26 Å². The van der Waals surface area contributed by atoms with Crippen molar-refractivity contribution in [1.82, 2.24) is 0 Å². The highest BCUT2D eigenvalue weighted by Crippen LogP contribution is 2.23. The minimum absolute atomic E-state index is 0.0686. The summed E-state index contributed by atoms with van der Waals surface area (Å²) in [7, 11) is 0. The highest BCUT2D eigenvalue weighted by Gasteiger charge is 2.22. The van der Waals surface area contributed by atoms with Crippen LogP contribution in [0.25, 0.3) is 0 Å². The summed E-state index contributed by atoms with van der Waals surface area (Å²) in [5.74, 6) is -1.86. The number of nitro groups is 1. The smallest absolute Gasteiger partial charge is 0.310 e. The van der Waals surface area contributed by atoms with E-state index < -0.39 is 28.0 Å². The first kappa shape index (κ1) is 13.6. The number of halogens is 1. The van der Waals surface area contributed by atoms with Crippen molar-refractivity contribution >= 4 is 11.7 Å². The zero-order valence-electron chi connectivity index (χ0n) is 9.47. The molecule has 0 unspecified atom stereocenters. The maximum atomic E-state index is 13.6. The molecule has 0 aliphatic carbocycles. The van der Waals surface area contributed by atoms with Gasteiger partial charge in [0, 0.05) is 6.07 Å². The van der Waals surface area contributed by atoms with Gasteiger partial charge in [0.1, 0.15) is 6.07 Å². The van der Waals surface area contributed by atoms with Gasteiger partial charge in [-0.25, -0.2) is 0 Å². The molecule has 0 heterocycles. The third kappa shape index (κ3) is 2.79. The fourth-order valence-electron chi connectivity index (χ4n) is 1.38. The molecule has 18 heavy (non-hydrogen) atoms. The summed E-state index contributed by atoms with van der Waals surface area (Å²) in [5.41, 5.74) is -1.23. The van der Waals surface area contributed by atoms with Crippen molar-refractivity contribution in [2.45, 2.75) is 13.3 Å². The maximum absolute atomic E-state index is 13.6. The highest BCUT2D eigenvalue weighted by molar-refractivity contribution is 5.74. The van der Waals surface area contributed by atoms with E-state index in [2.05, 4.69) is 4.74 Å². The number of nitrogens with zero attached hydrogens (tertiary/aromatic N) is 2. The molecule has 94 valence electrons. The van der Waals surface area contributed by atoms with Gasteiger partial charge in [0.2, 0.25) is 5.82 Å². The van der Waals surface area contributed by atoms with E-state index in [1.165, 1.54) is 12.1 Å². The highest BCUT2D eigenvalue weighted by atomic mass is 19.1. The standard InChI is InChI=1S/C11H9FN2O4/c1-2-18-10(15)5-7-3-4-9(14(16)17)11(12)8(7)6-13/h3-4H,2,5H2,1H3. The zero-order chi connectivity index (χ0) is 13.7. The molecule has 0 aromatic heterocycles. The van der Waals surface area contributed by atoms with E-state index >= 15 is 0 Å². The molecule has 0 aliphatic rings. The molecule has 1 aromatic carbocycles. The fraction of sp³-hybridized carbons (Fsp3) is 0.273. The third-order valence-electron chi connectivity index (χ3n) is 2.16. The Morgan fingerprint density at radius 2 is 2.28 bits per heavy atom. The quantitative estimate of drug-likeness (QED) is 0.462. The molecule has 0 amide bonds. The average Bonchev–Trinajstić information content (AvgIpc) is 2.29. The molecule has 0 bridgehead atoms. The molecule has 0 fully saturated rings. The third-order valence-corrected chi connectivity index (χ3v) is 2.16. The number of esters is 1. The molecule has 6 nitrogen and oxygen atoms in total. The summed E-state index contributed by atoms with van der Waals surface area (Å²) in [5, 5.41) is 19.3. The van der Waals surface area contributed by atoms with Crippen LogP contribution in [0.15, 0.2) is 12.1 Å². The first-order valence-electron chi connectivity index (χ1n) is 5.02. The number of carbonyl (C=O) groups excluding carboxylic acids is 1. The number of carbonyl (C=O) groups is 1. The van der Waals surface area contributed by atoms with Gasteiger partial charge < -0.3 is 4.74 Å². The van der Waals surface area contributed by atoms with Crippen LogP contribution in [-0.2, 0) is 16.0 Å². The molecule has 1 aromatic rings. The van der Waals surface area contributed by atoms with Gasteiger partial charge in [0.25, 0.3) is 0 Å². The summed E-state index contributed by atoms with van der Waals surface area (Å²) in [6.45, 7) is 1.77. The molecular formula is C11H9FN2O4. The van der Waals surface area contributed by atoms with Crippen molar-refractivity contribution < 1.29 is 18.8 Å². The van der Waals surface area contributed by atoms with E-state index in [1.54, 1.807) is 6.92 Å². The molecule has 0 saturated carbocycles. The zero-order valence-corrected chi connectivity index (χ0v) is 9.47. The van der Waals surface area contributed by atoms with Gasteiger partial charge in [-0.15, -0.1) is 0 Å². The van der Waals surface area contributed by atoms with Crippen LogP contribution in [0.1, 0.15) is 18.1 Å². The Morgan fingerprint density at radius 3 is 2.78 bits per heavy atom. The lowest BCUT2D eigenvalue weighted by molar-refractivity contribution is -0.387. The lowest BCUT2D eigenvalue weighted by Gasteiger charge is -2.05. The average molecular weight is 252 g/mol. The molecule has 0 atom stereocenters. The second-order valence-electron chi connectivity index (χ2n) is 3.28. The number of nitriles is 1. The predicted octanol–water partition coefficient (Wildman–Crippen LogP) is 1.71. The van der Waals surface area contributed by atoms with Crippen LogP contribution >= 0.6 is 0 Å². The maximum Gasteiger partial charge on any atom is 0.310 e. The number of ether oxygens (including phenoxy) is 1. The van der Waals surface area contributed by atoms with Crippen LogP contribution in [0, 0.1) is 27.3 Å². The molecule has 0 spiro atoms. The van der Waals surface area contributed by atoms with Gasteiger partial charge in [-0.2, -0.15) is 9.65 Å². The number of rotatable bonds is 4. The predicted molar refractivity (Wildman–Crippen MR) is 58.1 cm³/mol. The van der Waals surface area contributed by atoms with Gasteiger partial charge >= 0.3 is 11.7 Å². The van der Waals surface area contributed by atoms with Crippen LogP contribution in [0.2, 0.25) is 0 Å². The second-order valence-corrected chi connectivity index (χ2v) is 3.28. The van der Waals surface area contributed by atoms with Gasteiger partial charge in [0.05, 0.1) is 23.5 Å². The summed E-state index contributed by atoms with van der Waals surface area (Å²) in [6, 6.07) is 3.62. The molecular weight excluding hydrogens is 243 g/mol. The molecule has 0 N–H and O–H groups in total. The number of hydrogen-bond acceptors (Lipinski definition) is 5. The summed E-state index contributed by atoms with van der Waals surface area (Å²) in [4.78, 5) is 20.8. The van der Waals surface area contributed by atoms with Crippen molar-refractivity contribution in [3.8, 4) is 6.07 Å². The van der Waals surface area contributed by atoms with Gasteiger partial charge in [-0.05, 0) is 12.5 Å². The van der Waals surface area contributed by atoms with Crippen molar-refractivity contribution in [3.63, 3.8) is 0 Å². The topological polar surface area (TPSA) is 93.2 Å². The first-order valence-corrected chi connectivity index (χ1v) is 5.02. The first-order chi connectivity index (χ1) is 8.51. The molecule has 0 radical (unpaired) electrons. The Kier molecular flexibility index (Phi) is 4.32. The van der Waals surface area contributed by atoms with Crippen LogP contribution in [0.4, 0.5) is 10.1 Å². The van der Waals surface area contributed by atoms with Crippen molar-refractivity contribution in [1.29, 1.82) is 5.26 Å². The van der Waals surface area contributed by atoms with Crippen LogP contribution in [0.5, 0.6) is 0 Å². The number of hydrogen-bond donors (Lipinski definition) is 0. The van der Waals surface area contributed by atoms with Gasteiger partial charge in [-0.1, -0.05) is 6.07 Å². The minimum atomic E-state index is -1.23. The molecule has 7 heteroatoms. The summed E-state index contributed by atoms with van der Waals surface area (Å²) < 4.78 is 18.3.